The third-order valence-corrected chi connectivity index (χ3v) is 5.49. The molecule has 0 aromatic heterocycles. The number of carboxylic acids is 1. The van der Waals surface area contributed by atoms with Gasteiger partial charge in [0, 0.05) is 13.1 Å². The zero-order chi connectivity index (χ0) is 22.3. The first-order valence-corrected chi connectivity index (χ1v) is 10.8. The van der Waals surface area contributed by atoms with Crippen molar-refractivity contribution < 1.29 is 24.5 Å². The molecule has 1 heterocycles. The molecule has 0 fully saturated rings. The van der Waals surface area contributed by atoms with E-state index >= 15 is 0 Å². The quantitative estimate of drug-likeness (QED) is 0.476. The molecule has 0 saturated heterocycles. The van der Waals surface area contributed by atoms with E-state index in [0.717, 1.165) is 41.0 Å². The molecule has 3 aromatic rings. The van der Waals surface area contributed by atoms with Gasteiger partial charge >= 0.3 is 5.97 Å². The van der Waals surface area contributed by atoms with E-state index in [1.165, 1.54) is 0 Å². The van der Waals surface area contributed by atoms with Gasteiger partial charge in [0.05, 0.1) is 5.56 Å². The van der Waals surface area contributed by atoms with Gasteiger partial charge in [-0.3, -0.25) is 0 Å². The lowest BCUT2D eigenvalue weighted by Crippen LogP contribution is -2.39. The van der Waals surface area contributed by atoms with Gasteiger partial charge in [-0.15, -0.1) is 0 Å². The number of aromatic carboxylic acids is 1. The first kappa shape index (κ1) is 21.9. The molecule has 166 valence electrons. The Morgan fingerprint density at radius 2 is 1.81 bits per heavy atom. The molecule has 32 heavy (non-hydrogen) atoms. The van der Waals surface area contributed by atoms with Gasteiger partial charge < -0.3 is 25.0 Å². The molecule has 0 bridgehead atoms. The number of hydrogen-bond donors (Lipinski definition) is 3. The van der Waals surface area contributed by atoms with Gasteiger partial charge in [-0.25, -0.2) is 4.79 Å². The molecule has 2 atom stereocenters. The molecule has 0 radical (unpaired) electrons. The third kappa shape index (κ3) is 5.66. The number of aliphatic hydroxyl groups is 1. The Balaban J connectivity index is 1.25. The van der Waals surface area contributed by atoms with Crippen LogP contribution in [0.25, 0.3) is 11.1 Å². The normalized spacial score (nSPS) is 16.0. The van der Waals surface area contributed by atoms with Gasteiger partial charge in [-0.2, -0.15) is 0 Å². The van der Waals surface area contributed by atoms with Crippen molar-refractivity contribution in [2.45, 2.75) is 25.0 Å². The van der Waals surface area contributed by atoms with Crippen LogP contribution in [0.5, 0.6) is 11.5 Å². The van der Waals surface area contributed by atoms with E-state index in [2.05, 4.69) is 11.4 Å². The summed E-state index contributed by atoms with van der Waals surface area (Å²) < 4.78 is 11.7. The molecule has 1 unspecified atom stereocenters. The SMILES string of the molecule is O=C(O)c1ccc(-c2ccc3c(c2)CC[C@H](CNCC(O)COc2ccccc2)O3)cc1. The van der Waals surface area contributed by atoms with Gasteiger partial charge in [0.2, 0.25) is 0 Å². The Labute approximate surface area is 187 Å². The Bertz CT molecular complexity index is 1040. The second-order valence-electron chi connectivity index (χ2n) is 7.92. The highest BCUT2D eigenvalue weighted by atomic mass is 16.5. The maximum absolute atomic E-state index is 11.0. The summed E-state index contributed by atoms with van der Waals surface area (Å²) in [5.74, 6) is 0.698. The topological polar surface area (TPSA) is 88.0 Å². The van der Waals surface area contributed by atoms with Gasteiger partial charge in [0.1, 0.15) is 30.3 Å². The predicted molar refractivity (Wildman–Crippen MR) is 122 cm³/mol. The van der Waals surface area contributed by atoms with Crippen LogP contribution in [0.1, 0.15) is 22.3 Å². The van der Waals surface area contributed by atoms with Gasteiger partial charge in [-0.1, -0.05) is 36.4 Å². The van der Waals surface area contributed by atoms with Crippen LogP contribution in [-0.4, -0.2) is 48.1 Å². The molecule has 0 spiro atoms. The van der Waals surface area contributed by atoms with Crippen LogP contribution >= 0.6 is 0 Å². The lowest BCUT2D eigenvalue weighted by molar-refractivity contribution is 0.0697. The standard InChI is InChI=1S/C26H27NO5/c28-22(17-31-23-4-2-1-3-5-23)15-27-16-24-12-10-21-14-20(11-13-25(21)32-24)18-6-8-19(9-7-18)26(29)30/h1-9,11,13-14,22,24,27-28H,10,12,15-17H2,(H,29,30)/t22?,24-/m1/s1. The molecule has 1 aliphatic rings. The van der Waals surface area contributed by atoms with Gasteiger partial charge in [-0.05, 0) is 65.9 Å². The van der Waals surface area contributed by atoms with Gasteiger partial charge in [0.15, 0.2) is 0 Å². The summed E-state index contributed by atoms with van der Waals surface area (Å²) >= 11 is 0. The number of aryl methyl sites for hydroxylation is 1. The van der Waals surface area contributed by atoms with Crippen molar-refractivity contribution in [1.29, 1.82) is 0 Å². The van der Waals surface area contributed by atoms with E-state index in [-0.39, 0.29) is 18.3 Å². The highest BCUT2D eigenvalue weighted by molar-refractivity contribution is 5.88. The van der Waals surface area contributed by atoms with E-state index in [1.807, 2.05) is 54.6 Å². The number of ether oxygens (including phenoxy) is 2. The Kier molecular flexibility index (Phi) is 7.04. The summed E-state index contributed by atoms with van der Waals surface area (Å²) in [4.78, 5) is 11.0. The average molecular weight is 434 g/mol. The first-order valence-electron chi connectivity index (χ1n) is 10.8. The molecule has 0 amide bonds. The van der Waals surface area contributed by atoms with Crippen molar-refractivity contribution in [3.63, 3.8) is 0 Å². The van der Waals surface area contributed by atoms with Crippen LogP contribution in [0.15, 0.2) is 72.8 Å². The number of benzene rings is 3. The zero-order valence-electron chi connectivity index (χ0n) is 17.7. The number of aliphatic hydroxyl groups excluding tert-OH is 1. The number of nitrogens with one attached hydrogen (secondary N) is 1. The largest absolute Gasteiger partial charge is 0.491 e. The third-order valence-electron chi connectivity index (χ3n) is 5.49. The molecule has 1 aliphatic heterocycles. The summed E-state index contributed by atoms with van der Waals surface area (Å²) in [6.45, 7) is 1.33. The van der Waals surface area contributed by atoms with Crippen LogP contribution in [0.2, 0.25) is 0 Å². The number of para-hydroxylation sites is 1. The van der Waals surface area contributed by atoms with Crippen molar-refractivity contribution in [2.24, 2.45) is 0 Å². The minimum atomic E-state index is -0.925. The highest BCUT2D eigenvalue weighted by Crippen LogP contribution is 2.32. The molecule has 6 heteroatoms. The van der Waals surface area contributed by atoms with E-state index in [1.54, 1.807) is 12.1 Å². The van der Waals surface area contributed by atoms with Crippen LogP contribution in [0, 0.1) is 0 Å². The highest BCUT2D eigenvalue weighted by Gasteiger charge is 2.20. The number of hydrogen-bond acceptors (Lipinski definition) is 5. The number of carboxylic acid groups (broad SMARTS) is 1. The van der Waals surface area contributed by atoms with Crippen LogP contribution < -0.4 is 14.8 Å². The maximum Gasteiger partial charge on any atom is 0.335 e. The molecule has 3 N–H and O–H groups in total. The van der Waals surface area contributed by atoms with Crippen LogP contribution in [0.4, 0.5) is 0 Å². The van der Waals surface area contributed by atoms with Gasteiger partial charge in [0.25, 0.3) is 0 Å². The molecule has 3 aromatic carbocycles. The van der Waals surface area contributed by atoms with E-state index in [0.29, 0.717) is 13.1 Å². The lowest BCUT2D eigenvalue weighted by atomic mass is 9.96. The fraction of sp³-hybridized carbons (Fsp3) is 0.269. The summed E-state index contributed by atoms with van der Waals surface area (Å²) in [5.41, 5.74) is 3.45. The molecule has 4 rings (SSSR count). The van der Waals surface area contributed by atoms with Crippen LogP contribution in [-0.2, 0) is 6.42 Å². The van der Waals surface area contributed by atoms with Crippen molar-refractivity contribution in [2.75, 3.05) is 19.7 Å². The molecular formula is C26H27NO5. The second-order valence-corrected chi connectivity index (χ2v) is 7.92. The van der Waals surface area contributed by atoms with Crippen LogP contribution in [0.3, 0.4) is 0 Å². The van der Waals surface area contributed by atoms with Crippen molar-refractivity contribution in [3.8, 4) is 22.6 Å². The minimum Gasteiger partial charge on any atom is -0.491 e. The average Bonchev–Trinajstić information content (AvgIpc) is 2.83. The molecule has 0 aliphatic carbocycles. The van der Waals surface area contributed by atoms with Crippen molar-refractivity contribution >= 4 is 5.97 Å². The van der Waals surface area contributed by atoms with Crippen molar-refractivity contribution in [1.82, 2.24) is 5.32 Å². The van der Waals surface area contributed by atoms with E-state index in [9.17, 15) is 9.90 Å². The Morgan fingerprint density at radius 3 is 2.56 bits per heavy atom. The number of carbonyl (C=O) groups is 1. The van der Waals surface area contributed by atoms with Crippen molar-refractivity contribution in [3.05, 3.63) is 83.9 Å². The minimum absolute atomic E-state index is 0.0467. The number of fused-ring (bicyclic) bond motifs is 1. The molecular weight excluding hydrogens is 406 g/mol. The first-order chi connectivity index (χ1) is 15.6. The summed E-state index contributed by atoms with van der Waals surface area (Å²) in [7, 11) is 0. The lowest BCUT2D eigenvalue weighted by Gasteiger charge is -2.27. The summed E-state index contributed by atoms with van der Waals surface area (Å²) in [6, 6.07) is 22.4. The fourth-order valence-corrected chi connectivity index (χ4v) is 3.75. The zero-order valence-corrected chi connectivity index (χ0v) is 17.7. The summed E-state index contributed by atoms with van der Waals surface area (Å²) in [5, 5.41) is 22.4. The fourth-order valence-electron chi connectivity index (χ4n) is 3.75. The van der Waals surface area contributed by atoms with E-state index in [4.69, 9.17) is 14.6 Å². The molecule has 6 nitrogen and oxygen atoms in total. The maximum atomic E-state index is 11.0. The smallest absolute Gasteiger partial charge is 0.335 e. The van der Waals surface area contributed by atoms with E-state index < -0.39 is 12.1 Å². The second kappa shape index (κ2) is 10.3. The molecule has 0 saturated carbocycles. The summed E-state index contributed by atoms with van der Waals surface area (Å²) in [6.07, 6.45) is 1.24. The number of rotatable bonds is 9. The monoisotopic (exact) mass is 433 g/mol. The predicted octanol–water partition coefficient (Wildman–Crippen LogP) is 3.77. The Hall–Kier alpha value is -3.35. The Morgan fingerprint density at radius 1 is 1.06 bits per heavy atom.